The van der Waals surface area contributed by atoms with E-state index in [1.807, 2.05) is 48.7 Å². The van der Waals surface area contributed by atoms with Gasteiger partial charge in [0.15, 0.2) is 6.61 Å². The summed E-state index contributed by atoms with van der Waals surface area (Å²) in [6, 6.07) is 11.6. The van der Waals surface area contributed by atoms with E-state index in [2.05, 4.69) is 10.1 Å². The topological polar surface area (TPSA) is 68.5 Å². The van der Waals surface area contributed by atoms with Gasteiger partial charge >= 0.3 is 0 Å². The normalized spacial score (nSPS) is 14.4. The van der Waals surface area contributed by atoms with Crippen molar-refractivity contribution in [2.75, 3.05) is 19.7 Å². The Morgan fingerprint density at radius 3 is 2.84 bits per heavy atom. The second-order valence-corrected chi connectivity index (χ2v) is 6.98. The summed E-state index contributed by atoms with van der Waals surface area (Å²) in [5.41, 5.74) is 1.16. The second-order valence-electron chi connectivity index (χ2n) is 6.03. The van der Waals surface area contributed by atoms with E-state index in [0.717, 1.165) is 10.4 Å². The fourth-order valence-corrected chi connectivity index (χ4v) is 3.27. The first-order valence-corrected chi connectivity index (χ1v) is 8.92. The summed E-state index contributed by atoms with van der Waals surface area (Å²) in [5.74, 6) is 1.97. The lowest BCUT2D eigenvalue weighted by atomic mass is 10.0. The number of likely N-dealkylation sites (tertiary alicyclic amines) is 1. The Morgan fingerprint density at radius 2 is 2.12 bits per heavy atom. The van der Waals surface area contributed by atoms with E-state index in [-0.39, 0.29) is 18.4 Å². The van der Waals surface area contributed by atoms with Crippen molar-refractivity contribution in [1.29, 1.82) is 0 Å². The fourth-order valence-electron chi connectivity index (χ4n) is 2.62. The molecule has 1 aliphatic heterocycles. The van der Waals surface area contributed by atoms with Crippen LogP contribution in [-0.4, -0.2) is 40.6 Å². The SMILES string of the molecule is Cc1ccc(OCC(=O)N2CC(c3nc(-c4cccs4)no3)C2)cc1. The van der Waals surface area contributed by atoms with Gasteiger partial charge in [-0.1, -0.05) is 28.9 Å². The van der Waals surface area contributed by atoms with Gasteiger partial charge in [0.25, 0.3) is 5.91 Å². The zero-order valence-electron chi connectivity index (χ0n) is 13.7. The molecule has 25 heavy (non-hydrogen) atoms. The number of amides is 1. The number of benzene rings is 1. The van der Waals surface area contributed by atoms with Gasteiger partial charge in [-0.15, -0.1) is 11.3 Å². The second kappa shape index (κ2) is 6.68. The molecule has 128 valence electrons. The maximum atomic E-state index is 12.2. The molecule has 4 rings (SSSR count). The standard InChI is InChI=1S/C18H17N3O3S/c1-12-4-6-14(7-5-12)23-11-16(22)21-9-13(10-21)18-19-17(20-24-18)15-3-2-8-25-15/h2-8,13H,9-11H2,1H3. The molecule has 0 bridgehead atoms. The lowest BCUT2D eigenvalue weighted by Gasteiger charge is -2.36. The van der Waals surface area contributed by atoms with Gasteiger partial charge in [-0.25, -0.2) is 0 Å². The first kappa shape index (κ1) is 15.8. The first-order chi connectivity index (χ1) is 12.2. The molecule has 0 aliphatic carbocycles. The highest BCUT2D eigenvalue weighted by molar-refractivity contribution is 7.13. The van der Waals surface area contributed by atoms with Crippen LogP contribution in [0.1, 0.15) is 17.4 Å². The number of hydrogen-bond donors (Lipinski definition) is 0. The molecule has 1 saturated heterocycles. The maximum absolute atomic E-state index is 12.2. The zero-order chi connectivity index (χ0) is 17.2. The molecule has 1 aromatic carbocycles. The molecule has 0 saturated carbocycles. The average molecular weight is 355 g/mol. The molecule has 1 fully saturated rings. The molecule has 0 unspecified atom stereocenters. The minimum Gasteiger partial charge on any atom is -0.484 e. The van der Waals surface area contributed by atoms with E-state index >= 15 is 0 Å². The van der Waals surface area contributed by atoms with Gasteiger partial charge in [0, 0.05) is 13.1 Å². The van der Waals surface area contributed by atoms with Crippen LogP contribution in [-0.2, 0) is 4.79 Å². The van der Waals surface area contributed by atoms with Crippen LogP contribution in [0.15, 0.2) is 46.3 Å². The molecule has 0 atom stereocenters. The van der Waals surface area contributed by atoms with Crippen molar-refractivity contribution >= 4 is 17.2 Å². The van der Waals surface area contributed by atoms with Crippen molar-refractivity contribution in [2.45, 2.75) is 12.8 Å². The molecule has 3 aromatic rings. The van der Waals surface area contributed by atoms with Crippen molar-refractivity contribution < 1.29 is 14.1 Å². The molecule has 0 spiro atoms. The molecule has 1 aliphatic rings. The van der Waals surface area contributed by atoms with Gasteiger partial charge in [0.05, 0.1) is 10.8 Å². The van der Waals surface area contributed by atoms with Crippen LogP contribution >= 0.6 is 11.3 Å². The Kier molecular flexibility index (Phi) is 4.23. The van der Waals surface area contributed by atoms with Crippen LogP contribution in [0.3, 0.4) is 0 Å². The van der Waals surface area contributed by atoms with Crippen molar-refractivity contribution in [2.24, 2.45) is 0 Å². The van der Waals surface area contributed by atoms with Crippen molar-refractivity contribution in [3.8, 4) is 16.5 Å². The Labute approximate surface area is 149 Å². The molecular formula is C18H17N3O3S. The van der Waals surface area contributed by atoms with Gasteiger partial charge in [0.1, 0.15) is 5.75 Å². The number of nitrogens with zero attached hydrogens (tertiary/aromatic N) is 3. The molecule has 0 radical (unpaired) electrons. The van der Waals surface area contributed by atoms with Crippen LogP contribution in [0.5, 0.6) is 5.75 Å². The molecule has 6 nitrogen and oxygen atoms in total. The number of ether oxygens (including phenoxy) is 1. The predicted octanol–water partition coefficient (Wildman–Crippen LogP) is 3.11. The number of thiophene rings is 1. The molecule has 0 N–H and O–H groups in total. The third kappa shape index (κ3) is 3.41. The lowest BCUT2D eigenvalue weighted by molar-refractivity contribution is -0.138. The highest BCUT2D eigenvalue weighted by Gasteiger charge is 2.35. The molecule has 7 heteroatoms. The van der Waals surface area contributed by atoms with Gasteiger partial charge in [-0.3, -0.25) is 4.79 Å². The Hall–Kier alpha value is -2.67. The van der Waals surface area contributed by atoms with Gasteiger partial charge in [-0.2, -0.15) is 4.98 Å². The van der Waals surface area contributed by atoms with E-state index in [1.165, 1.54) is 0 Å². The largest absolute Gasteiger partial charge is 0.484 e. The number of aromatic nitrogens is 2. The summed E-state index contributed by atoms with van der Waals surface area (Å²) in [6.07, 6.45) is 0. The fraction of sp³-hybridized carbons (Fsp3) is 0.278. The van der Waals surface area contributed by atoms with Crippen LogP contribution in [0, 0.1) is 6.92 Å². The van der Waals surface area contributed by atoms with Crippen LogP contribution < -0.4 is 4.74 Å². The summed E-state index contributed by atoms with van der Waals surface area (Å²) in [6.45, 7) is 3.22. The van der Waals surface area contributed by atoms with E-state index in [0.29, 0.717) is 30.6 Å². The van der Waals surface area contributed by atoms with Gasteiger partial charge in [0.2, 0.25) is 11.7 Å². The van der Waals surface area contributed by atoms with Crippen molar-refractivity contribution in [3.05, 3.63) is 53.2 Å². The third-order valence-corrected chi connectivity index (χ3v) is 5.02. The summed E-state index contributed by atoms with van der Waals surface area (Å²) < 4.78 is 10.9. The average Bonchev–Trinajstić information content (AvgIpc) is 3.24. The van der Waals surface area contributed by atoms with E-state index in [9.17, 15) is 4.79 Å². The summed E-state index contributed by atoms with van der Waals surface area (Å²) >= 11 is 1.57. The van der Waals surface area contributed by atoms with Crippen molar-refractivity contribution in [1.82, 2.24) is 15.0 Å². The van der Waals surface area contributed by atoms with Crippen molar-refractivity contribution in [3.63, 3.8) is 0 Å². The number of carbonyl (C=O) groups excluding carboxylic acids is 1. The predicted molar refractivity (Wildman–Crippen MR) is 93.6 cm³/mol. The minimum atomic E-state index is -0.0326. The number of hydrogen-bond acceptors (Lipinski definition) is 6. The number of rotatable bonds is 5. The summed E-state index contributed by atoms with van der Waals surface area (Å²) in [4.78, 5) is 19.3. The minimum absolute atomic E-state index is 0.0326. The first-order valence-electron chi connectivity index (χ1n) is 8.04. The van der Waals surface area contributed by atoms with Gasteiger partial charge < -0.3 is 14.2 Å². The molecule has 2 aromatic heterocycles. The number of aryl methyl sites for hydroxylation is 1. The molecular weight excluding hydrogens is 338 g/mol. The summed E-state index contributed by atoms with van der Waals surface area (Å²) in [5, 5.41) is 5.99. The Balaban J connectivity index is 1.28. The molecule has 1 amide bonds. The van der Waals surface area contributed by atoms with E-state index in [1.54, 1.807) is 16.2 Å². The third-order valence-electron chi connectivity index (χ3n) is 4.15. The Morgan fingerprint density at radius 1 is 1.32 bits per heavy atom. The molecule has 3 heterocycles. The Bertz CT molecular complexity index is 852. The van der Waals surface area contributed by atoms with Gasteiger partial charge in [-0.05, 0) is 30.5 Å². The van der Waals surface area contributed by atoms with E-state index in [4.69, 9.17) is 9.26 Å². The quantitative estimate of drug-likeness (QED) is 0.703. The summed E-state index contributed by atoms with van der Waals surface area (Å²) in [7, 11) is 0. The van der Waals surface area contributed by atoms with Crippen LogP contribution in [0.4, 0.5) is 0 Å². The lowest BCUT2D eigenvalue weighted by Crippen LogP contribution is -2.50. The van der Waals surface area contributed by atoms with E-state index < -0.39 is 0 Å². The highest BCUT2D eigenvalue weighted by Crippen LogP contribution is 2.29. The highest BCUT2D eigenvalue weighted by atomic mass is 32.1. The smallest absolute Gasteiger partial charge is 0.260 e. The monoisotopic (exact) mass is 355 g/mol. The van der Waals surface area contributed by atoms with Crippen LogP contribution in [0.2, 0.25) is 0 Å². The zero-order valence-corrected chi connectivity index (χ0v) is 14.5. The maximum Gasteiger partial charge on any atom is 0.260 e. The number of carbonyl (C=O) groups is 1. The van der Waals surface area contributed by atoms with Crippen LogP contribution in [0.25, 0.3) is 10.7 Å².